The lowest BCUT2D eigenvalue weighted by atomic mass is 9.74. The maximum atomic E-state index is 4.87. The molecule has 2 aromatic heterocycles. The zero-order chi connectivity index (χ0) is 12.6. The van der Waals surface area contributed by atoms with E-state index < -0.39 is 0 Å². The van der Waals surface area contributed by atoms with Gasteiger partial charge in [0.15, 0.2) is 0 Å². The Morgan fingerprint density at radius 3 is 2.72 bits per heavy atom. The van der Waals surface area contributed by atoms with Crippen LogP contribution in [-0.2, 0) is 5.54 Å². The van der Waals surface area contributed by atoms with Crippen LogP contribution in [0, 0.1) is 0 Å². The molecule has 1 N–H and O–H groups in total. The van der Waals surface area contributed by atoms with E-state index in [2.05, 4.69) is 42.1 Å². The van der Waals surface area contributed by atoms with Crippen LogP contribution in [0.4, 0.5) is 0 Å². The van der Waals surface area contributed by atoms with E-state index in [4.69, 9.17) is 4.98 Å². The minimum absolute atomic E-state index is 0.153. The monoisotopic (exact) mass is 278 g/mol. The molecule has 2 aromatic rings. The van der Waals surface area contributed by atoms with Crippen LogP contribution in [-0.4, -0.2) is 11.0 Å². The summed E-state index contributed by atoms with van der Waals surface area (Å²) in [6.07, 6.45) is 3.75. The fourth-order valence-electron chi connectivity index (χ4n) is 2.56. The molecule has 0 aliphatic heterocycles. The highest BCUT2D eigenvalue weighted by molar-refractivity contribution is 7.20. The molecule has 0 amide bonds. The lowest BCUT2D eigenvalue weighted by Crippen LogP contribution is -2.51. The van der Waals surface area contributed by atoms with Crippen molar-refractivity contribution >= 4 is 22.7 Å². The van der Waals surface area contributed by atoms with Crippen molar-refractivity contribution in [3.8, 4) is 9.88 Å². The van der Waals surface area contributed by atoms with Crippen LogP contribution in [0.2, 0.25) is 0 Å². The van der Waals surface area contributed by atoms with Crippen molar-refractivity contribution in [1.29, 1.82) is 0 Å². The van der Waals surface area contributed by atoms with Crippen molar-refractivity contribution in [2.45, 2.75) is 44.7 Å². The Hall–Kier alpha value is -0.710. The minimum atomic E-state index is 0.153. The largest absolute Gasteiger partial charge is 0.304 e. The van der Waals surface area contributed by atoms with Crippen molar-refractivity contribution < 1.29 is 0 Å². The number of aromatic nitrogens is 1. The molecule has 2 heterocycles. The van der Waals surface area contributed by atoms with E-state index in [1.54, 1.807) is 22.7 Å². The average molecular weight is 278 g/mol. The smallest absolute Gasteiger partial charge is 0.133 e. The van der Waals surface area contributed by atoms with Crippen LogP contribution in [0.25, 0.3) is 9.88 Å². The second-order valence-corrected chi connectivity index (χ2v) is 7.06. The second kappa shape index (κ2) is 4.76. The minimum Gasteiger partial charge on any atom is -0.304 e. The number of nitrogens with zero attached hydrogens (tertiary/aromatic N) is 1. The van der Waals surface area contributed by atoms with Gasteiger partial charge in [-0.1, -0.05) is 6.07 Å². The Kier molecular flexibility index (Phi) is 3.26. The molecule has 18 heavy (non-hydrogen) atoms. The van der Waals surface area contributed by atoms with Crippen LogP contribution < -0.4 is 5.32 Å². The van der Waals surface area contributed by atoms with Gasteiger partial charge >= 0.3 is 0 Å². The highest BCUT2D eigenvalue weighted by Crippen LogP contribution is 2.43. The summed E-state index contributed by atoms with van der Waals surface area (Å²) < 4.78 is 0. The first-order valence-corrected chi connectivity index (χ1v) is 8.23. The van der Waals surface area contributed by atoms with Gasteiger partial charge in [-0.2, -0.15) is 0 Å². The fourth-order valence-corrected chi connectivity index (χ4v) is 4.30. The van der Waals surface area contributed by atoms with E-state index in [-0.39, 0.29) is 5.54 Å². The number of thiazole rings is 1. The molecule has 0 aromatic carbocycles. The first-order valence-electron chi connectivity index (χ1n) is 6.47. The lowest BCUT2D eigenvalue weighted by molar-refractivity contribution is 0.166. The molecule has 3 rings (SSSR count). The second-order valence-electron chi connectivity index (χ2n) is 5.25. The number of hydrogen-bond donors (Lipinski definition) is 1. The van der Waals surface area contributed by atoms with Gasteiger partial charge in [-0.05, 0) is 44.6 Å². The van der Waals surface area contributed by atoms with Gasteiger partial charge in [0.05, 0.1) is 16.1 Å². The number of hydrogen-bond acceptors (Lipinski definition) is 4. The molecule has 0 spiro atoms. The van der Waals surface area contributed by atoms with Crippen LogP contribution in [0.5, 0.6) is 0 Å². The molecule has 0 atom stereocenters. The Labute approximate surface area is 116 Å². The van der Waals surface area contributed by atoms with E-state index in [9.17, 15) is 0 Å². The Morgan fingerprint density at radius 2 is 2.17 bits per heavy atom. The van der Waals surface area contributed by atoms with Gasteiger partial charge in [-0.3, -0.25) is 0 Å². The van der Waals surface area contributed by atoms with E-state index in [1.165, 1.54) is 29.8 Å². The standard InChI is InChI=1S/C14H18N2S2/c1-10(2)16-14(6-4-7-14)12-9-18-13(15-12)11-5-3-8-17-11/h3,5,8-10,16H,4,6-7H2,1-2H3. The third-order valence-corrected chi connectivity index (χ3v) is 5.38. The molecular formula is C14H18N2S2. The number of rotatable bonds is 4. The number of thiophene rings is 1. The molecule has 2 nitrogen and oxygen atoms in total. The first kappa shape index (κ1) is 12.3. The third-order valence-electron chi connectivity index (χ3n) is 3.50. The molecule has 1 saturated carbocycles. The Bertz CT molecular complexity index is 510. The molecular weight excluding hydrogens is 260 g/mol. The summed E-state index contributed by atoms with van der Waals surface area (Å²) in [7, 11) is 0. The summed E-state index contributed by atoms with van der Waals surface area (Å²) >= 11 is 3.54. The zero-order valence-electron chi connectivity index (χ0n) is 10.8. The van der Waals surface area contributed by atoms with Crippen molar-refractivity contribution in [3.05, 3.63) is 28.6 Å². The molecule has 0 bridgehead atoms. The summed E-state index contributed by atoms with van der Waals surface area (Å²) in [5.41, 5.74) is 1.40. The van der Waals surface area contributed by atoms with E-state index in [1.807, 2.05) is 0 Å². The highest BCUT2D eigenvalue weighted by atomic mass is 32.1. The van der Waals surface area contributed by atoms with Gasteiger partial charge in [-0.15, -0.1) is 22.7 Å². The van der Waals surface area contributed by atoms with Crippen LogP contribution >= 0.6 is 22.7 Å². The van der Waals surface area contributed by atoms with E-state index in [0.717, 1.165) is 5.01 Å². The van der Waals surface area contributed by atoms with Crippen molar-refractivity contribution in [2.24, 2.45) is 0 Å². The predicted molar refractivity (Wildman–Crippen MR) is 79.2 cm³/mol. The summed E-state index contributed by atoms with van der Waals surface area (Å²) in [5, 5.41) is 9.23. The normalized spacial score (nSPS) is 17.9. The predicted octanol–water partition coefficient (Wildman–Crippen LogP) is 4.25. The van der Waals surface area contributed by atoms with Crippen LogP contribution in [0.1, 0.15) is 38.8 Å². The number of nitrogens with one attached hydrogen (secondary N) is 1. The van der Waals surface area contributed by atoms with Gasteiger partial charge in [0.1, 0.15) is 5.01 Å². The molecule has 0 saturated heterocycles. The van der Waals surface area contributed by atoms with E-state index in [0.29, 0.717) is 6.04 Å². The maximum Gasteiger partial charge on any atom is 0.133 e. The summed E-state index contributed by atoms with van der Waals surface area (Å²) in [6.45, 7) is 4.43. The summed E-state index contributed by atoms with van der Waals surface area (Å²) in [6, 6.07) is 4.75. The molecule has 4 heteroatoms. The first-order chi connectivity index (χ1) is 8.70. The Morgan fingerprint density at radius 1 is 1.33 bits per heavy atom. The quantitative estimate of drug-likeness (QED) is 0.904. The molecule has 1 aliphatic rings. The molecule has 1 fully saturated rings. The molecule has 0 unspecified atom stereocenters. The van der Waals surface area contributed by atoms with E-state index >= 15 is 0 Å². The van der Waals surface area contributed by atoms with Crippen molar-refractivity contribution in [2.75, 3.05) is 0 Å². The summed E-state index contributed by atoms with van der Waals surface area (Å²) in [5.74, 6) is 0. The van der Waals surface area contributed by atoms with Crippen LogP contribution in [0.3, 0.4) is 0 Å². The lowest BCUT2D eigenvalue weighted by Gasteiger charge is -2.43. The average Bonchev–Trinajstić information content (AvgIpc) is 2.92. The topological polar surface area (TPSA) is 24.9 Å². The molecule has 96 valence electrons. The molecule has 0 radical (unpaired) electrons. The van der Waals surface area contributed by atoms with Crippen molar-refractivity contribution in [3.63, 3.8) is 0 Å². The van der Waals surface area contributed by atoms with Gasteiger partial charge in [-0.25, -0.2) is 4.98 Å². The van der Waals surface area contributed by atoms with Gasteiger partial charge < -0.3 is 5.32 Å². The van der Waals surface area contributed by atoms with Gasteiger partial charge in [0, 0.05) is 11.4 Å². The van der Waals surface area contributed by atoms with Gasteiger partial charge in [0.2, 0.25) is 0 Å². The van der Waals surface area contributed by atoms with Crippen molar-refractivity contribution in [1.82, 2.24) is 10.3 Å². The summed E-state index contributed by atoms with van der Waals surface area (Å²) in [4.78, 5) is 6.15. The SMILES string of the molecule is CC(C)NC1(c2csc(-c3cccs3)n2)CCC1. The van der Waals surface area contributed by atoms with Gasteiger partial charge in [0.25, 0.3) is 0 Å². The van der Waals surface area contributed by atoms with Crippen LogP contribution in [0.15, 0.2) is 22.9 Å². The zero-order valence-corrected chi connectivity index (χ0v) is 12.4. The molecule has 1 aliphatic carbocycles. The third kappa shape index (κ3) is 2.13. The highest BCUT2D eigenvalue weighted by Gasteiger charge is 2.40. The maximum absolute atomic E-state index is 4.87. The fraction of sp³-hybridized carbons (Fsp3) is 0.500. The Balaban J connectivity index is 1.88.